The van der Waals surface area contributed by atoms with Crippen molar-refractivity contribution in [1.82, 2.24) is 0 Å². The number of ether oxygens (including phenoxy) is 7. The molecule has 0 unspecified atom stereocenters. The molecule has 0 aliphatic carbocycles. The molecule has 0 saturated carbocycles. The molecule has 0 aliphatic heterocycles. The van der Waals surface area contributed by atoms with Crippen LogP contribution < -0.4 is 0 Å². The normalized spacial score (nSPS) is 10.9. The second kappa shape index (κ2) is 18.8. The summed E-state index contributed by atoms with van der Waals surface area (Å²) in [5.41, 5.74) is 0.534. The third-order valence-corrected chi connectivity index (χ3v) is 3.39. The molecule has 1 aromatic rings. The van der Waals surface area contributed by atoms with Gasteiger partial charge >= 0.3 is 5.97 Å². The van der Waals surface area contributed by atoms with Crippen molar-refractivity contribution in [3.63, 3.8) is 0 Å². The fourth-order valence-electron chi connectivity index (χ4n) is 1.97. The number of methoxy groups -OCH3 is 1. The number of rotatable bonds is 19. The van der Waals surface area contributed by atoms with Crippen LogP contribution in [-0.4, -0.2) is 92.4 Å². The molecule has 0 bridgehead atoms. The summed E-state index contributed by atoms with van der Waals surface area (Å²) in [5, 5.41) is 0. The average Bonchev–Trinajstić information content (AvgIpc) is 2.73. The van der Waals surface area contributed by atoms with Crippen LogP contribution in [0, 0.1) is 0 Å². The summed E-state index contributed by atoms with van der Waals surface area (Å²) in [6.45, 7) is 5.77. The van der Waals surface area contributed by atoms with Crippen LogP contribution in [-0.2, 0) is 33.2 Å². The van der Waals surface area contributed by atoms with Crippen molar-refractivity contribution in [2.45, 2.75) is 0 Å². The van der Waals surface area contributed by atoms with E-state index in [2.05, 4.69) is 0 Å². The van der Waals surface area contributed by atoms with E-state index in [4.69, 9.17) is 33.2 Å². The molecule has 0 spiro atoms. The van der Waals surface area contributed by atoms with Crippen molar-refractivity contribution in [2.24, 2.45) is 0 Å². The fourth-order valence-corrected chi connectivity index (χ4v) is 1.97. The Labute approximate surface area is 166 Å². The van der Waals surface area contributed by atoms with Crippen molar-refractivity contribution < 1.29 is 38.0 Å². The van der Waals surface area contributed by atoms with Gasteiger partial charge in [-0.3, -0.25) is 0 Å². The lowest BCUT2D eigenvalue weighted by Gasteiger charge is -2.08. The highest BCUT2D eigenvalue weighted by Gasteiger charge is 2.04. The Bertz CT molecular complexity index is 469. The maximum atomic E-state index is 11.7. The van der Waals surface area contributed by atoms with Gasteiger partial charge in [0.1, 0.15) is 6.61 Å². The summed E-state index contributed by atoms with van der Waals surface area (Å²) in [5.74, 6) is -0.347. The maximum absolute atomic E-state index is 11.7. The number of hydrogen-bond donors (Lipinski definition) is 0. The summed E-state index contributed by atoms with van der Waals surface area (Å²) in [4.78, 5) is 11.7. The molecule has 0 heterocycles. The average molecular weight is 400 g/mol. The van der Waals surface area contributed by atoms with Crippen molar-refractivity contribution in [2.75, 3.05) is 86.4 Å². The van der Waals surface area contributed by atoms with Gasteiger partial charge in [0.2, 0.25) is 0 Å². The molecular weight excluding hydrogens is 368 g/mol. The molecule has 0 saturated heterocycles. The van der Waals surface area contributed by atoms with E-state index in [9.17, 15) is 4.79 Å². The second-order valence-electron chi connectivity index (χ2n) is 5.56. The molecule has 0 N–H and O–H groups in total. The van der Waals surface area contributed by atoms with Crippen LogP contribution in [0.2, 0.25) is 0 Å². The second-order valence-corrected chi connectivity index (χ2v) is 5.56. The van der Waals surface area contributed by atoms with E-state index in [-0.39, 0.29) is 12.6 Å². The zero-order valence-electron chi connectivity index (χ0n) is 16.6. The van der Waals surface area contributed by atoms with E-state index in [1.54, 1.807) is 31.4 Å². The molecule has 8 nitrogen and oxygen atoms in total. The van der Waals surface area contributed by atoms with Crippen LogP contribution in [0.1, 0.15) is 10.4 Å². The molecule has 1 aromatic carbocycles. The molecule has 0 radical (unpaired) electrons. The quantitative estimate of drug-likeness (QED) is 0.256. The number of benzene rings is 1. The van der Waals surface area contributed by atoms with Gasteiger partial charge in [0, 0.05) is 7.11 Å². The predicted octanol–water partition coefficient (Wildman–Crippen LogP) is 1.57. The summed E-state index contributed by atoms with van der Waals surface area (Å²) < 4.78 is 36.7. The maximum Gasteiger partial charge on any atom is 0.338 e. The van der Waals surface area contributed by atoms with Gasteiger partial charge in [0.15, 0.2) is 0 Å². The molecule has 0 aromatic heterocycles. The Hall–Kier alpha value is -1.55. The number of hydrogen-bond acceptors (Lipinski definition) is 8. The van der Waals surface area contributed by atoms with Gasteiger partial charge in [-0.25, -0.2) is 4.79 Å². The third kappa shape index (κ3) is 14.5. The molecule has 8 heteroatoms. The van der Waals surface area contributed by atoms with Gasteiger partial charge in [0.25, 0.3) is 0 Å². The van der Waals surface area contributed by atoms with Crippen LogP contribution in [0.25, 0.3) is 0 Å². The zero-order chi connectivity index (χ0) is 20.1. The lowest BCUT2D eigenvalue weighted by atomic mass is 10.2. The first-order valence-electron chi connectivity index (χ1n) is 9.44. The Morgan fingerprint density at radius 2 is 1.00 bits per heavy atom. The number of carbonyl (C=O) groups is 1. The minimum absolute atomic E-state index is 0.217. The van der Waals surface area contributed by atoms with Crippen LogP contribution in [0.5, 0.6) is 0 Å². The van der Waals surface area contributed by atoms with Crippen molar-refractivity contribution >= 4 is 5.97 Å². The third-order valence-electron chi connectivity index (χ3n) is 3.39. The molecular formula is C20H32O8. The van der Waals surface area contributed by atoms with Crippen molar-refractivity contribution in [3.8, 4) is 0 Å². The highest BCUT2D eigenvalue weighted by atomic mass is 16.6. The topological polar surface area (TPSA) is 81.7 Å². The molecule has 0 atom stereocenters. The zero-order valence-corrected chi connectivity index (χ0v) is 16.6. The standard InChI is InChI=1S/C20H32O8/c1-22-7-8-23-9-10-24-11-12-25-13-14-26-15-16-27-17-18-28-20(21)19-5-3-2-4-6-19/h2-6H,7-18H2,1H3. The van der Waals surface area contributed by atoms with Crippen molar-refractivity contribution in [3.05, 3.63) is 35.9 Å². The molecule has 28 heavy (non-hydrogen) atoms. The van der Waals surface area contributed by atoms with Gasteiger partial charge in [-0.05, 0) is 12.1 Å². The number of carbonyl (C=O) groups excluding carboxylic acids is 1. The van der Waals surface area contributed by atoms with Gasteiger partial charge < -0.3 is 33.2 Å². The minimum Gasteiger partial charge on any atom is -0.460 e. The Morgan fingerprint density at radius 1 is 0.607 bits per heavy atom. The first-order chi connectivity index (χ1) is 13.8. The predicted molar refractivity (Wildman–Crippen MR) is 103 cm³/mol. The largest absolute Gasteiger partial charge is 0.460 e. The van der Waals surface area contributed by atoms with Crippen molar-refractivity contribution in [1.29, 1.82) is 0 Å². The van der Waals surface area contributed by atoms with E-state index in [0.717, 1.165) is 0 Å². The summed E-state index contributed by atoms with van der Waals surface area (Å²) in [7, 11) is 1.64. The number of esters is 1. The molecule has 1 rings (SSSR count). The highest BCUT2D eigenvalue weighted by Crippen LogP contribution is 2.00. The van der Waals surface area contributed by atoms with Gasteiger partial charge in [0.05, 0.1) is 78.2 Å². The monoisotopic (exact) mass is 400 g/mol. The van der Waals surface area contributed by atoms with E-state index < -0.39 is 0 Å². The first kappa shape index (κ1) is 24.5. The summed E-state index contributed by atoms with van der Waals surface area (Å²) in [6.07, 6.45) is 0. The van der Waals surface area contributed by atoms with E-state index in [1.807, 2.05) is 6.07 Å². The van der Waals surface area contributed by atoms with Crippen LogP contribution >= 0.6 is 0 Å². The lowest BCUT2D eigenvalue weighted by Crippen LogP contribution is -2.15. The smallest absolute Gasteiger partial charge is 0.338 e. The summed E-state index contributed by atoms with van der Waals surface area (Å²) >= 11 is 0. The van der Waals surface area contributed by atoms with Gasteiger partial charge in [-0.15, -0.1) is 0 Å². The van der Waals surface area contributed by atoms with Crippen LogP contribution in [0.4, 0.5) is 0 Å². The lowest BCUT2D eigenvalue weighted by molar-refractivity contribution is -0.0178. The molecule has 160 valence electrons. The fraction of sp³-hybridized carbons (Fsp3) is 0.650. The van der Waals surface area contributed by atoms with Gasteiger partial charge in [-0.2, -0.15) is 0 Å². The molecule has 0 amide bonds. The Balaban J connectivity index is 1.74. The highest BCUT2D eigenvalue weighted by molar-refractivity contribution is 5.89. The van der Waals surface area contributed by atoms with E-state index >= 15 is 0 Å². The molecule has 0 aliphatic rings. The first-order valence-corrected chi connectivity index (χ1v) is 9.44. The van der Waals surface area contributed by atoms with Gasteiger partial charge in [-0.1, -0.05) is 18.2 Å². The molecule has 0 fully saturated rings. The Morgan fingerprint density at radius 3 is 1.43 bits per heavy atom. The van der Waals surface area contributed by atoms with E-state index in [0.29, 0.717) is 78.2 Å². The summed E-state index contributed by atoms with van der Waals surface area (Å²) in [6, 6.07) is 8.86. The Kier molecular flexibility index (Phi) is 16.4. The van der Waals surface area contributed by atoms with E-state index in [1.165, 1.54) is 0 Å². The minimum atomic E-state index is -0.347. The van der Waals surface area contributed by atoms with Crippen LogP contribution in [0.3, 0.4) is 0 Å². The SMILES string of the molecule is COCCOCCOCCOCCOCCOCCOC(=O)c1ccccc1. The van der Waals surface area contributed by atoms with Crippen LogP contribution in [0.15, 0.2) is 30.3 Å².